The summed E-state index contributed by atoms with van der Waals surface area (Å²) in [5, 5.41) is 3.84. The largest absolute Gasteiger partial charge is 0.460 e. The maximum Gasteiger partial charge on any atom is 0.377 e. The summed E-state index contributed by atoms with van der Waals surface area (Å²) in [4.78, 5) is 11.4. The molecule has 0 N–H and O–H groups in total. The number of carbonyl (C=O) groups is 1. The van der Waals surface area contributed by atoms with Crippen LogP contribution in [0.5, 0.6) is 0 Å². The normalized spacial score (nSPS) is 10.2. The molecule has 88 valence electrons. The summed E-state index contributed by atoms with van der Waals surface area (Å²) in [6.07, 6.45) is 0. The molecule has 0 bridgehead atoms. The van der Waals surface area contributed by atoms with Crippen molar-refractivity contribution in [2.75, 3.05) is 6.61 Å². The second-order valence-electron chi connectivity index (χ2n) is 3.66. The van der Waals surface area contributed by atoms with Crippen LogP contribution in [0.2, 0.25) is 0 Å². The fraction of sp³-hybridized carbons (Fsp3) is 0.231. The fourth-order valence-corrected chi connectivity index (χ4v) is 1.43. The molecule has 0 saturated carbocycles. The lowest BCUT2D eigenvalue weighted by Crippen LogP contribution is -2.02. The molecular weight excluding hydrogens is 218 g/mol. The molecule has 4 nitrogen and oxygen atoms in total. The highest BCUT2D eigenvalue weighted by atomic mass is 16.6. The number of aromatic nitrogens is 1. The molecule has 2 aromatic rings. The Hall–Kier alpha value is -2.10. The minimum atomic E-state index is -0.488. The first-order valence-corrected chi connectivity index (χ1v) is 5.41. The summed E-state index contributed by atoms with van der Waals surface area (Å²) < 4.78 is 9.76. The average Bonchev–Trinajstić information content (AvgIpc) is 2.80. The number of esters is 1. The molecule has 0 saturated heterocycles. The van der Waals surface area contributed by atoms with Crippen LogP contribution in [0.4, 0.5) is 0 Å². The van der Waals surface area contributed by atoms with Gasteiger partial charge in [0.1, 0.15) is 5.69 Å². The highest BCUT2D eigenvalue weighted by Crippen LogP contribution is 2.19. The van der Waals surface area contributed by atoms with E-state index in [1.54, 1.807) is 13.0 Å². The first kappa shape index (κ1) is 11.4. The third-order valence-electron chi connectivity index (χ3n) is 2.33. The van der Waals surface area contributed by atoms with Crippen molar-refractivity contribution in [3.05, 3.63) is 41.7 Å². The van der Waals surface area contributed by atoms with Gasteiger partial charge in [-0.05, 0) is 13.8 Å². The van der Waals surface area contributed by atoms with Crippen LogP contribution in [0.1, 0.15) is 23.0 Å². The molecule has 2 rings (SSSR count). The van der Waals surface area contributed by atoms with Crippen molar-refractivity contribution in [1.82, 2.24) is 5.16 Å². The quantitative estimate of drug-likeness (QED) is 0.762. The zero-order chi connectivity index (χ0) is 12.3. The molecule has 0 spiro atoms. The van der Waals surface area contributed by atoms with E-state index < -0.39 is 5.97 Å². The van der Waals surface area contributed by atoms with Gasteiger partial charge in [0.2, 0.25) is 5.76 Å². The third-order valence-corrected chi connectivity index (χ3v) is 2.33. The molecule has 0 amide bonds. The van der Waals surface area contributed by atoms with E-state index in [4.69, 9.17) is 9.26 Å². The second kappa shape index (κ2) is 4.82. The van der Waals surface area contributed by atoms with Gasteiger partial charge in [-0.15, -0.1) is 0 Å². The topological polar surface area (TPSA) is 52.3 Å². The fourth-order valence-electron chi connectivity index (χ4n) is 1.43. The molecule has 0 unspecified atom stereocenters. The minimum absolute atomic E-state index is 0.127. The second-order valence-corrected chi connectivity index (χ2v) is 3.66. The predicted octanol–water partition coefficient (Wildman–Crippen LogP) is 2.83. The number of benzene rings is 1. The lowest BCUT2D eigenvalue weighted by molar-refractivity contribution is 0.0480. The van der Waals surface area contributed by atoms with E-state index >= 15 is 0 Å². The lowest BCUT2D eigenvalue weighted by Gasteiger charge is -1.95. The van der Waals surface area contributed by atoms with Gasteiger partial charge in [-0.1, -0.05) is 35.0 Å². The Morgan fingerprint density at radius 3 is 2.71 bits per heavy atom. The SMILES string of the molecule is CCOC(=O)c1cc(-c2ccc(C)cc2)no1. The van der Waals surface area contributed by atoms with Crippen LogP contribution in [-0.4, -0.2) is 17.7 Å². The number of nitrogens with zero attached hydrogens (tertiary/aromatic N) is 1. The van der Waals surface area contributed by atoms with Gasteiger partial charge < -0.3 is 9.26 Å². The summed E-state index contributed by atoms with van der Waals surface area (Å²) >= 11 is 0. The van der Waals surface area contributed by atoms with E-state index in [-0.39, 0.29) is 5.76 Å². The van der Waals surface area contributed by atoms with Crippen molar-refractivity contribution in [3.63, 3.8) is 0 Å². The van der Waals surface area contributed by atoms with Crippen molar-refractivity contribution in [2.45, 2.75) is 13.8 Å². The first-order valence-electron chi connectivity index (χ1n) is 5.41. The zero-order valence-corrected chi connectivity index (χ0v) is 9.77. The maximum absolute atomic E-state index is 11.4. The van der Waals surface area contributed by atoms with Gasteiger partial charge in [-0.25, -0.2) is 4.79 Å². The molecular formula is C13H13NO3. The summed E-state index contributed by atoms with van der Waals surface area (Å²) in [5.41, 5.74) is 2.71. The summed E-state index contributed by atoms with van der Waals surface area (Å²) in [5.74, 6) is -0.360. The monoisotopic (exact) mass is 231 g/mol. The number of rotatable bonds is 3. The highest BCUT2D eigenvalue weighted by Gasteiger charge is 2.14. The Balaban J connectivity index is 2.23. The minimum Gasteiger partial charge on any atom is -0.460 e. The Morgan fingerprint density at radius 2 is 2.06 bits per heavy atom. The van der Waals surface area contributed by atoms with E-state index in [0.29, 0.717) is 12.3 Å². The molecule has 0 radical (unpaired) electrons. The number of hydrogen-bond acceptors (Lipinski definition) is 4. The molecule has 0 aliphatic carbocycles. The molecule has 0 atom stereocenters. The van der Waals surface area contributed by atoms with Gasteiger partial charge >= 0.3 is 5.97 Å². The van der Waals surface area contributed by atoms with Gasteiger partial charge in [0.05, 0.1) is 6.61 Å². The van der Waals surface area contributed by atoms with Crippen LogP contribution in [0.25, 0.3) is 11.3 Å². The number of hydrogen-bond donors (Lipinski definition) is 0. The van der Waals surface area contributed by atoms with E-state index in [1.165, 1.54) is 5.56 Å². The van der Waals surface area contributed by atoms with Gasteiger partial charge in [-0.3, -0.25) is 0 Å². The Kier molecular flexibility index (Phi) is 3.23. The van der Waals surface area contributed by atoms with Crippen LogP contribution >= 0.6 is 0 Å². The Labute approximate surface area is 99.2 Å². The van der Waals surface area contributed by atoms with E-state index in [0.717, 1.165) is 5.56 Å². The molecule has 1 aromatic heterocycles. The van der Waals surface area contributed by atoms with Gasteiger partial charge in [0, 0.05) is 11.6 Å². The van der Waals surface area contributed by atoms with Crippen LogP contribution in [0.3, 0.4) is 0 Å². The van der Waals surface area contributed by atoms with E-state index in [9.17, 15) is 4.79 Å². The predicted molar refractivity (Wildman–Crippen MR) is 62.6 cm³/mol. The zero-order valence-electron chi connectivity index (χ0n) is 9.77. The third kappa shape index (κ3) is 2.53. The van der Waals surface area contributed by atoms with Crippen LogP contribution < -0.4 is 0 Å². The molecule has 1 heterocycles. The molecule has 0 aliphatic rings. The van der Waals surface area contributed by atoms with Crippen LogP contribution in [0.15, 0.2) is 34.9 Å². The molecule has 0 aliphatic heterocycles. The van der Waals surface area contributed by atoms with Crippen molar-refractivity contribution in [2.24, 2.45) is 0 Å². The average molecular weight is 231 g/mol. The Bertz CT molecular complexity index is 514. The summed E-state index contributed by atoms with van der Waals surface area (Å²) in [6.45, 7) is 4.07. The van der Waals surface area contributed by atoms with Crippen molar-refractivity contribution >= 4 is 5.97 Å². The van der Waals surface area contributed by atoms with Crippen molar-refractivity contribution < 1.29 is 14.1 Å². The smallest absolute Gasteiger partial charge is 0.377 e. The standard InChI is InChI=1S/C13H13NO3/c1-3-16-13(15)12-8-11(14-17-12)10-6-4-9(2)5-7-10/h4-8H,3H2,1-2H3. The lowest BCUT2D eigenvalue weighted by atomic mass is 10.1. The first-order chi connectivity index (χ1) is 8.20. The number of carbonyl (C=O) groups excluding carboxylic acids is 1. The van der Waals surface area contributed by atoms with Crippen molar-refractivity contribution in [1.29, 1.82) is 0 Å². The van der Waals surface area contributed by atoms with Gasteiger partial charge in [0.25, 0.3) is 0 Å². The summed E-state index contributed by atoms with van der Waals surface area (Å²) in [6, 6.07) is 9.41. The molecule has 4 heteroatoms. The maximum atomic E-state index is 11.4. The molecule has 1 aromatic carbocycles. The number of ether oxygens (including phenoxy) is 1. The highest BCUT2D eigenvalue weighted by molar-refractivity contribution is 5.87. The number of aryl methyl sites for hydroxylation is 1. The van der Waals surface area contributed by atoms with Gasteiger partial charge in [-0.2, -0.15) is 0 Å². The summed E-state index contributed by atoms with van der Waals surface area (Å²) in [7, 11) is 0. The van der Waals surface area contributed by atoms with E-state index in [1.807, 2.05) is 31.2 Å². The molecule has 0 fully saturated rings. The van der Waals surface area contributed by atoms with Crippen LogP contribution in [0, 0.1) is 6.92 Å². The van der Waals surface area contributed by atoms with Crippen molar-refractivity contribution in [3.8, 4) is 11.3 Å². The van der Waals surface area contributed by atoms with Gasteiger partial charge in [0.15, 0.2) is 0 Å². The van der Waals surface area contributed by atoms with E-state index in [2.05, 4.69) is 5.16 Å². The molecule has 17 heavy (non-hydrogen) atoms. The Morgan fingerprint density at radius 1 is 1.35 bits per heavy atom. The van der Waals surface area contributed by atoms with Crippen LogP contribution in [-0.2, 0) is 4.74 Å².